The molecule has 0 aliphatic carbocycles. The Labute approximate surface area is 223 Å². The molecule has 0 bridgehead atoms. The summed E-state index contributed by atoms with van der Waals surface area (Å²) in [6.07, 6.45) is -2.29. The van der Waals surface area contributed by atoms with Crippen molar-refractivity contribution in [3.63, 3.8) is 0 Å². The Kier molecular flexibility index (Phi) is 10.6. The molecule has 1 saturated heterocycles. The molecule has 0 spiro atoms. The highest BCUT2D eigenvalue weighted by molar-refractivity contribution is 7.26. The first-order valence-electron chi connectivity index (χ1n) is 12.4. The van der Waals surface area contributed by atoms with E-state index in [1.807, 2.05) is 35.2 Å². The molecule has 12 nitrogen and oxygen atoms in total. The molecule has 4 N–H and O–H groups in total. The zero-order valence-corrected chi connectivity index (χ0v) is 23.1. The largest absolute Gasteiger partial charge is 0.480 e. The summed E-state index contributed by atoms with van der Waals surface area (Å²) in [5, 5.41) is 23.5. The minimum Gasteiger partial charge on any atom is -0.480 e. The minimum atomic E-state index is -2.34. The molecule has 1 aliphatic heterocycles. The quantitative estimate of drug-likeness (QED) is 0.181. The van der Waals surface area contributed by atoms with Gasteiger partial charge < -0.3 is 35.2 Å². The Balaban J connectivity index is 2.29. The maximum absolute atomic E-state index is 13.5. The number of piperidine rings is 1. The normalized spacial score (nSPS) is 19.0. The highest BCUT2D eigenvalue weighted by Gasteiger charge is 2.61. The van der Waals surface area contributed by atoms with E-state index in [-0.39, 0.29) is 25.9 Å². The van der Waals surface area contributed by atoms with Gasteiger partial charge in [-0.15, -0.1) is 0 Å². The van der Waals surface area contributed by atoms with Crippen LogP contribution in [0.15, 0.2) is 30.3 Å². The number of alkyl carbamates (subject to hydrolysis) is 1. The molecule has 2 amide bonds. The molecule has 1 aromatic carbocycles. The first-order valence-corrected chi connectivity index (χ1v) is 13.2. The smallest absolute Gasteiger partial charge is 0.410 e. The second-order valence-corrected chi connectivity index (χ2v) is 10.6. The van der Waals surface area contributed by atoms with Crippen molar-refractivity contribution in [2.45, 2.75) is 71.2 Å². The van der Waals surface area contributed by atoms with Crippen LogP contribution in [-0.2, 0) is 28.4 Å². The van der Waals surface area contributed by atoms with Gasteiger partial charge in [-0.25, -0.2) is 4.79 Å². The van der Waals surface area contributed by atoms with E-state index in [1.165, 1.54) is 20.8 Å². The number of nitrogens with zero attached hydrogens (tertiary/aromatic N) is 1. The maximum atomic E-state index is 13.5. The lowest BCUT2D eigenvalue weighted by molar-refractivity contribution is -0.169. The summed E-state index contributed by atoms with van der Waals surface area (Å²) in [6.45, 7) is 7.78. The molecular formula is C25H36N3O9P. The third kappa shape index (κ3) is 6.99. The molecule has 4 atom stereocenters. The summed E-state index contributed by atoms with van der Waals surface area (Å²) >= 11 is 0. The Morgan fingerprint density at radius 2 is 1.58 bits per heavy atom. The van der Waals surface area contributed by atoms with E-state index in [0.717, 1.165) is 5.69 Å². The van der Waals surface area contributed by atoms with Gasteiger partial charge in [-0.3, -0.25) is 18.9 Å². The molecule has 1 fully saturated rings. The molecule has 1 aromatic rings. The number of esters is 1. The Morgan fingerprint density at radius 1 is 1.00 bits per heavy atom. The van der Waals surface area contributed by atoms with Crippen LogP contribution in [0.1, 0.15) is 47.5 Å². The number of aliphatic hydroxyl groups is 1. The van der Waals surface area contributed by atoms with Gasteiger partial charge in [0.25, 0.3) is 0 Å². The van der Waals surface area contributed by atoms with Crippen molar-refractivity contribution in [2.24, 2.45) is 11.3 Å². The predicted octanol–water partition coefficient (Wildman–Crippen LogP) is 2.50. The van der Waals surface area contributed by atoms with E-state index in [1.54, 1.807) is 13.8 Å². The molecule has 0 saturated carbocycles. The molecule has 210 valence electrons. The van der Waals surface area contributed by atoms with E-state index in [2.05, 4.69) is 10.6 Å². The zero-order chi connectivity index (χ0) is 28.7. The van der Waals surface area contributed by atoms with Crippen molar-refractivity contribution in [3.8, 4) is 0 Å². The highest BCUT2D eigenvalue weighted by Crippen LogP contribution is 2.50. The van der Waals surface area contributed by atoms with Gasteiger partial charge in [0.15, 0.2) is 13.8 Å². The van der Waals surface area contributed by atoms with Gasteiger partial charge in [-0.1, -0.05) is 32.0 Å². The molecule has 4 unspecified atom stereocenters. The Morgan fingerprint density at radius 3 is 2.08 bits per heavy atom. The molecule has 0 aromatic heterocycles. The van der Waals surface area contributed by atoms with Crippen LogP contribution in [0.5, 0.6) is 0 Å². The van der Waals surface area contributed by atoms with Crippen molar-refractivity contribution in [1.82, 2.24) is 10.6 Å². The van der Waals surface area contributed by atoms with Crippen LogP contribution in [0.25, 0.3) is 0 Å². The first-order chi connectivity index (χ1) is 17.8. The molecule has 13 heteroatoms. The molecule has 1 heterocycles. The second-order valence-electron chi connectivity index (χ2n) is 9.69. The minimum absolute atomic E-state index is 0.00920. The van der Waals surface area contributed by atoms with Gasteiger partial charge in [-0.2, -0.15) is 0 Å². The third-order valence-corrected chi connectivity index (χ3v) is 7.79. The summed E-state index contributed by atoms with van der Waals surface area (Å²) in [5.41, 5.74) is -0.837. The summed E-state index contributed by atoms with van der Waals surface area (Å²) in [6, 6.07) is 6.81. The lowest BCUT2D eigenvalue weighted by Gasteiger charge is -2.49. The first kappa shape index (κ1) is 31.0. The zero-order valence-electron chi connectivity index (χ0n) is 22.2. The van der Waals surface area contributed by atoms with Crippen molar-refractivity contribution in [3.05, 3.63) is 30.3 Å². The summed E-state index contributed by atoms with van der Waals surface area (Å²) in [7, 11) is -0.858. The number of carbonyl (C=O) groups excluding carboxylic acids is 3. The van der Waals surface area contributed by atoms with Crippen LogP contribution >= 0.6 is 8.46 Å². The van der Waals surface area contributed by atoms with Crippen molar-refractivity contribution < 1.29 is 43.4 Å². The van der Waals surface area contributed by atoms with E-state index in [4.69, 9.17) is 9.47 Å². The lowest BCUT2D eigenvalue weighted by Crippen LogP contribution is -2.66. The van der Waals surface area contributed by atoms with E-state index >= 15 is 0 Å². The number of hydrogen-bond donors (Lipinski definition) is 4. The standard InChI is InChI=1S/C25H36N3O9P/c1-15(2)21(31)36-18(5)37-23(33)27-17(4)25(34,38-35)24(22(32)26-16(3)20(29)30)11-13-28(14-12-24)19-9-7-6-8-10-19/h6-10,15-18,34H,11-14H2,1-5H3,(H,26,32)(H,27,33)(H,29,30). The third-order valence-electron chi connectivity index (χ3n) is 6.70. The number of nitrogens with one attached hydrogen (secondary N) is 2. The Bertz CT molecular complexity index is 1010. The summed E-state index contributed by atoms with van der Waals surface area (Å²) in [4.78, 5) is 51.2. The van der Waals surface area contributed by atoms with Crippen LogP contribution in [-0.4, -0.2) is 71.0 Å². The predicted molar refractivity (Wildman–Crippen MR) is 138 cm³/mol. The van der Waals surface area contributed by atoms with E-state index in [0.29, 0.717) is 0 Å². The summed E-state index contributed by atoms with van der Waals surface area (Å²) < 4.78 is 22.6. The highest BCUT2D eigenvalue weighted by atomic mass is 31.1. The molecular weight excluding hydrogens is 517 g/mol. The molecule has 38 heavy (non-hydrogen) atoms. The van der Waals surface area contributed by atoms with Gasteiger partial charge in [0.2, 0.25) is 12.2 Å². The Hall–Kier alpha value is -3.24. The number of hydrogen-bond acceptors (Lipinski definition) is 9. The van der Waals surface area contributed by atoms with Crippen molar-refractivity contribution >= 4 is 38.1 Å². The number of anilines is 1. The number of aliphatic carboxylic acids is 1. The average molecular weight is 554 g/mol. The molecule has 2 rings (SSSR count). The lowest BCUT2D eigenvalue weighted by atomic mass is 9.69. The maximum Gasteiger partial charge on any atom is 0.410 e. The fourth-order valence-corrected chi connectivity index (χ4v) is 5.03. The van der Waals surface area contributed by atoms with Crippen molar-refractivity contribution in [1.29, 1.82) is 0 Å². The number of carboxylic acids is 1. The molecule has 0 radical (unpaired) electrons. The van der Waals surface area contributed by atoms with Crippen LogP contribution in [0.3, 0.4) is 0 Å². The van der Waals surface area contributed by atoms with Gasteiger partial charge >= 0.3 is 18.0 Å². The van der Waals surface area contributed by atoms with E-state index in [9.17, 15) is 34.0 Å². The monoisotopic (exact) mass is 553 g/mol. The number of amides is 2. The van der Waals surface area contributed by atoms with E-state index < -0.39 is 67.4 Å². The van der Waals surface area contributed by atoms with Crippen molar-refractivity contribution in [2.75, 3.05) is 18.0 Å². The second kappa shape index (κ2) is 13.0. The average Bonchev–Trinajstić information content (AvgIpc) is 2.88. The van der Waals surface area contributed by atoms with Gasteiger partial charge in [0, 0.05) is 25.7 Å². The van der Waals surface area contributed by atoms with Gasteiger partial charge in [0.1, 0.15) is 6.04 Å². The van der Waals surface area contributed by atoms with Crippen LogP contribution < -0.4 is 15.5 Å². The van der Waals surface area contributed by atoms with Crippen LogP contribution in [0, 0.1) is 11.3 Å². The number of benzene rings is 1. The van der Waals surface area contributed by atoms with Crippen LogP contribution in [0.4, 0.5) is 10.5 Å². The SMILES string of the molecule is CC(OC(=O)NC(C)C(O)(P=O)C1(C(=O)NC(C)C(=O)O)CCN(c2ccccc2)CC1)OC(=O)C(C)C. The number of para-hydroxylation sites is 1. The number of rotatable bonds is 11. The summed E-state index contributed by atoms with van der Waals surface area (Å²) in [5.74, 6) is -3.10. The molecule has 1 aliphatic rings. The number of carbonyl (C=O) groups is 4. The fourth-order valence-electron chi connectivity index (χ4n) is 4.31. The fraction of sp³-hybridized carbons (Fsp3) is 0.600. The van der Waals surface area contributed by atoms with Gasteiger partial charge in [-0.05, 0) is 38.8 Å². The number of ether oxygens (including phenoxy) is 2. The topological polar surface area (TPSA) is 172 Å². The van der Waals surface area contributed by atoms with Crippen LogP contribution in [0.2, 0.25) is 0 Å². The van der Waals surface area contributed by atoms with Gasteiger partial charge in [0.05, 0.1) is 17.4 Å². The number of carboxylic acid groups (broad SMARTS) is 1.